The molecule has 0 bridgehead atoms. The minimum atomic E-state index is 0.970. The lowest BCUT2D eigenvalue weighted by Crippen LogP contribution is -2.04. The number of thiophene rings is 2. The summed E-state index contributed by atoms with van der Waals surface area (Å²) < 4.78 is 14.9. The molecule has 0 radical (unpaired) electrons. The van der Waals surface area contributed by atoms with Crippen molar-refractivity contribution in [1.82, 2.24) is 28.2 Å². The Kier molecular flexibility index (Phi) is 8.00. The molecule has 6 aromatic carbocycles. The molecule has 306 valence electrons. The van der Waals surface area contributed by atoms with Crippen LogP contribution < -0.4 is 0 Å². The molecule has 64 heavy (non-hydrogen) atoms. The van der Waals surface area contributed by atoms with E-state index in [0.29, 0.717) is 0 Å². The zero-order chi connectivity index (χ0) is 41.9. The summed E-state index contributed by atoms with van der Waals surface area (Å²) in [6.07, 6.45) is 12.4. The molecule has 0 saturated heterocycles. The van der Waals surface area contributed by atoms with Gasteiger partial charge in [0.05, 0.1) is 22.8 Å². The quantitative estimate of drug-likeness (QED) is 0.173. The first-order chi connectivity index (χ1) is 31.7. The predicted molar refractivity (Wildman–Crippen MR) is 266 cm³/mol. The van der Waals surface area contributed by atoms with E-state index in [1.807, 2.05) is 35.1 Å². The van der Waals surface area contributed by atoms with Crippen LogP contribution in [0.4, 0.5) is 0 Å². The van der Waals surface area contributed by atoms with Gasteiger partial charge in [0.25, 0.3) is 0 Å². The molecule has 2 aliphatic rings. The van der Waals surface area contributed by atoms with Crippen molar-refractivity contribution in [3.63, 3.8) is 0 Å². The molecule has 0 spiro atoms. The van der Waals surface area contributed by atoms with Crippen molar-refractivity contribution in [1.29, 1.82) is 0 Å². The van der Waals surface area contributed by atoms with Crippen LogP contribution >= 0.6 is 22.7 Å². The van der Waals surface area contributed by atoms with Gasteiger partial charge in [0, 0.05) is 101 Å². The summed E-state index contributed by atoms with van der Waals surface area (Å²) in [6.45, 7) is 1.94. The molecule has 0 unspecified atom stereocenters. The minimum absolute atomic E-state index is 0.970. The second-order valence-electron chi connectivity index (χ2n) is 17.2. The van der Waals surface area contributed by atoms with E-state index >= 15 is 0 Å². The lowest BCUT2D eigenvalue weighted by molar-refractivity contribution is 0.661. The highest BCUT2D eigenvalue weighted by Gasteiger charge is 2.28. The zero-order valence-electron chi connectivity index (χ0n) is 34.9. The van der Waals surface area contributed by atoms with Crippen molar-refractivity contribution in [3.8, 4) is 68.1 Å². The van der Waals surface area contributed by atoms with Crippen molar-refractivity contribution in [2.45, 2.75) is 38.8 Å². The van der Waals surface area contributed by atoms with E-state index in [-0.39, 0.29) is 0 Å². The van der Waals surface area contributed by atoms with Crippen LogP contribution in [0.25, 0.3) is 108 Å². The molecule has 8 heteroatoms. The van der Waals surface area contributed by atoms with Gasteiger partial charge in [-0.2, -0.15) is 0 Å². The maximum Gasteiger partial charge on any atom is 0.157 e. The molecule has 0 N–H and O–H groups in total. The highest BCUT2D eigenvalue weighted by atomic mass is 32.1. The van der Waals surface area contributed by atoms with Gasteiger partial charge in [0.2, 0.25) is 0 Å². The number of imidazole rings is 2. The molecule has 6 nitrogen and oxygen atoms in total. The van der Waals surface area contributed by atoms with Crippen molar-refractivity contribution in [3.05, 3.63) is 182 Å². The van der Waals surface area contributed by atoms with Crippen LogP contribution in [0.5, 0.6) is 0 Å². The number of hydrogen-bond acceptors (Lipinski definition) is 4. The number of aryl methyl sites for hydroxylation is 4. The third-order valence-electron chi connectivity index (χ3n) is 13.6. The van der Waals surface area contributed by atoms with Gasteiger partial charge in [-0.05, 0) is 96.5 Å². The number of aromatic nitrogens is 6. The highest BCUT2D eigenvalue weighted by Crippen LogP contribution is 2.46. The average Bonchev–Trinajstić information content (AvgIpc) is 4.21. The van der Waals surface area contributed by atoms with Gasteiger partial charge >= 0.3 is 0 Å². The van der Waals surface area contributed by atoms with E-state index in [9.17, 15) is 0 Å². The van der Waals surface area contributed by atoms with E-state index in [2.05, 4.69) is 176 Å². The van der Waals surface area contributed by atoms with Gasteiger partial charge in [-0.3, -0.25) is 0 Å². The molecule has 0 saturated carbocycles. The predicted octanol–water partition coefficient (Wildman–Crippen LogP) is 14.6. The maximum absolute atomic E-state index is 4.97. The van der Waals surface area contributed by atoms with Gasteiger partial charge in [-0.15, -0.1) is 22.7 Å². The summed E-state index contributed by atoms with van der Waals surface area (Å²) in [5, 5.41) is 5.26. The van der Waals surface area contributed by atoms with Crippen LogP contribution in [0, 0.1) is 0 Å². The van der Waals surface area contributed by atoms with Crippen molar-refractivity contribution >= 4 is 63.0 Å². The maximum atomic E-state index is 4.97. The third kappa shape index (κ3) is 5.42. The topological polar surface area (TPSA) is 45.5 Å². The number of hydrogen-bond donors (Lipinski definition) is 0. The monoisotopic (exact) mass is 860 g/mol. The average molecular weight is 861 g/mol. The minimum Gasteiger partial charge on any atom is -0.330 e. The number of benzene rings is 6. The first-order valence-corrected chi connectivity index (χ1v) is 23.9. The van der Waals surface area contributed by atoms with Crippen LogP contribution in [0.15, 0.2) is 170 Å². The lowest BCUT2D eigenvalue weighted by Gasteiger charge is -2.17. The Hall–Kier alpha value is -7.26. The van der Waals surface area contributed by atoms with Gasteiger partial charge in [0.1, 0.15) is 0 Å². The summed E-state index contributed by atoms with van der Waals surface area (Å²) in [7, 11) is 0. The molecule has 14 rings (SSSR count). The largest absolute Gasteiger partial charge is 0.330 e. The molecular formula is C56H40N6S2. The molecule has 0 amide bonds. The fourth-order valence-corrected chi connectivity index (χ4v) is 13.2. The smallest absolute Gasteiger partial charge is 0.157 e. The van der Waals surface area contributed by atoms with Crippen LogP contribution in [0.3, 0.4) is 0 Å². The van der Waals surface area contributed by atoms with Crippen LogP contribution in [0.2, 0.25) is 0 Å². The Morgan fingerprint density at radius 2 is 0.875 bits per heavy atom. The second-order valence-corrected chi connectivity index (χ2v) is 19.3. The number of nitrogens with zero attached hydrogens (tertiary/aromatic N) is 6. The SMILES string of the molecule is c1ccc2c(c1)sc1c(-c3cc4c(n3-c3ccc(-c5ccc(-n6c(-c7cccc8c7sc7ccccc78)cc7c6-c6nccn6CCC7)cc5)cc3)-c3nccn3CCC4)cccc12. The molecule has 2 aliphatic heterocycles. The highest BCUT2D eigenvalue weighted by molar-refractivity contribution is 7.26. The second kappa shape index (κ2) is 14.1. The van der Waals surface area contributed by atoms with Gasteiger partial charge < -0.3 is 18.3 Å². The van der Waals surface area contributed by atoms with Crippen LogP contribution in [-0.2, 0) is 25.9 Å². The molecule has 0 atom stereocenters. The summed E-state index contributed by atoms with van der Waals surface area (Å²) in [5.74, 6) is 2.07. The summed E-state index contributed by atoms with van der Waals surface area (Å²) >= 11 is 3.78. The zero-order valence-corrected chi connectivity index (χ0v) is 36.5. The summed E-state index contributed by atoms with van der Waals surface area (Å²) in [6, 6.07) is 54.4. The van der Waals surface area contributed by atoms with E-state index in [0.717, 1.165) is 61.8 Å². The Morgan fingerprint density at radius 1 is 0.438 bits per heavy atom. The van der Waals surface area contributed by atoms with Crippen LogP contribution in [-0.4, -0.2) is 28.2 Å². The molecule has 12 aromatic rings. The van der Waals surface area contributed by atoms with Crippen LogP contribution in [0.1, 0.15) is 24.0 Å². The van der Waals surface area contributed by atoms with E-state index in [1.54, 1.807) is 0 Å². The van der Waals surface area contributed by atoms with Gasteiger partial charge in [0.15, 0.2) is 11.6 Å². The number of fused-ring (bicyclic) bond motifs is 12. The fourth-order valence-electron chi connectivity index (χ4n) is 10.7. The molecular weight excluding hydrogens is 821 g/mol. The summed E-state index contributed by atoms with van der Waals surface area (Å²) in [5.41, 5.74) is 14.7. The number of rotatable bonds is 5. The Labute approximate surface area is 377 Å². The van der Waals surface area contributed by atoms with Crippen molar-refractivity contribution in [2.24, 2.45) is 0 Å². The van der Waals surface area contributed by atoms with Crippen molar-refractivity contribution in [2.75, 3.05) is 0 Å². The molecule has 8 heterocycles. The lowest BCUT2D eigenvalue weighted by atomic mass is 10.0. The first kappa shape index (κ1) is 36.2. The fraction of sp³-hybridized carbons (Fsp3) is 0.107. The Bertz CT molecular complexity index is 3540. The molecule has 6 aromatic heterocycles. The van der Waals surface area contributed by atoms with Gasteiger partial charge in [-0.1, -0.05) is 97.1 Å². The van der Waals surface area contributed by atoms with Gasteiger partial charge in [-0.25, -0.2) is 9.97 Å². The van der Waals surface area contributed by atoms with E-state index in [1.165, 1.54) is 96.5 Å². The van der Waals surface area contributed by atoms with E-state index in [4.69, 9.17) is 9.97 Å². The molecule has 0 fully saturated rings. The van der Waals surface area contributed by atoms with E-state index < -0.39 is 0 Å². The summed E-state index contributed by atoms with van der Waals surface area (Å²) in [4.78, 5) is 9.94. The Balaban J connectivity index is 0.893. The Morgan fingerprint density at radius 3 is 1.34 bits per heavy atom. The third-order valence-corrected chi connectivity index (χ3v) is 16.1. The standard InChI is InChI=1S/C56H40N6S2/c1-3-17-49-41(11-1)43-13-5-15-45(53(43)63-49)47-33-37-9-7-29-59-31-27-57-55(59)51(37)61(47)39-23-19-35(20-24-39)36-21-25-40(26-22-36)62-48(34-38-10-8-30-60-32-28-58-56(60)52(38)62)46-16-6-14-44-42-12-2-4-18-50(42)64-54(44)46/h1-6,11-28,31-34H,7-10,29-30H2. The van der Waals surface area contributed by atoms with Crippen molar-refractivity contribution < 1.29 is 0 Å². The first-order valence-electron chi connectivity index (χ1n) is 22.3. The normalized spacial score (nSPS) is 13.6. The molecule has 0 aliphatic carbocycles.